The van der Waals surface area contributed by atoms with Gasteiger partial charge in [0.25, 0.3) is 0 Å². The van der Waals surface area contributed by atoms with Crippen molar-refractivity contribution in [2.24, 2.45) is 0 Å². The predicted molar refractivity (Wildman–Crippen MR) is 117 cm³/mol. The molecular formula is C23H30N4O2S. The fourth-order valence-corrected chi connectivity index (χ4v) is 5.65. The molecule has 0 aliphatic heterocycles. The van der Waals surface area contributed by atoms with Crippen LogP contribution < -0.4 is 0 Å². The number of thioether (sulfide) groups is 1. The van der Waals surface area contributed by atoms with Crippen molar-refractivity contribution in [3.8, 4) is 11.6 Å². The van der Waals surface area contributed by atoms with E-state index in [4.69, 9.17) is 4.42 Å². The van der Waals surface area contributed by atoms with Gasteiger partial charge in [-0.3, -0.25) is 9.36 Å². The summed E-state index contributed by atoms with van der Waals surface area (Å²) in [5, 5.41) is 9.78. The highest BCUT2D eigenvalue weighted by Crippen LogP contribution is 2.37. The van der Waals surface area contributed by atoms with Gasteiger partial charge in [0, 0.05) is 17.8 Å². The van der Waals surface area contributed by atoms with E-state index in [0.717, 1.165) is 55.3 Å². The Labute approximate surface area is 182 Å². The third kappa shape index (κ3) is 4.22. The summed E-state index contributed by atoms with van der Waals surface area (Å²) in [6.45, 7) is 0. The molecule has 5 rings (SSSR count). The molecule has 2 heterocycles. The lowest BCUT2D eigenvalue weighted by molar-refractivity contribution is -0.127. The lowest BCUT2D eigenvalue weighted by Crippen LogP contribution is -2.34. The normalized spacial score (nSPS) is 20.2. The van der Waals surface area contributed by atoms with Gasteiger partial charge >= 0.3 is 0 Å². The van der Waals surface area contributed by atoms with Crippen LogP contribution in [0.15, 0.2) is 39.7 Å². The molecule has 0 atom stereocenters. The molecule has 0 saturated heterocycles. The molecule has 0 unspecified atom stereocenters. The Hall–Kier alpha value is -2.02. The van der Waals surface area contributed by atoms with E-state index in [1.807, 2.05) is 12.1 Å². The third-order valence-corrected chi connectivity index (χ3v) is 7.36. The van der Waals surface area contributed by atoms with Crippen LogP contribution in [-0.4, -0.2) is 37.4 Å². The molecule has 2 aromatic rings. The van der Waals surface area contributed by atoms with Gasteiger partial charge in [0.2, 0.25) is 11.7 Å². The highest BCUT2D eigenvalue weighted by molar-refractivity contribution is 7.99. The number of hydrogen-bond acceptors (Lipinski definition) is 5. The summed E-state index contributed by atoms with van der Waals surface area (Å²) >= 11 is 1.53. The molecular weight excluding hydrogens is 396 g/mol. The van der Waals surface area contributed by atoms with Crippen molar-refractivity contribution in [3.05, 3.63) is 30.2 Å². The largest absolute Gasteiger partial charge is 0.461 e. The SMILES string of the molecule is O=C(CSc1nnc(-c2ccco2)n1C1CCCCC1)N(C1=CCCCC1)C1CC1. The van der Waals surface area contributed by atoms with Gasteiger partial charge in [0.05, 0.1) is 12.0 Å². The van der Waals surface area contributed by atoms with Crippen LogP contribution in [0, 0.1) is 0 Å². The fourth-order valence-electron chi connectivity index (χ4n) is 4.78. The predicted octanol–water partition coefficient (Wildman–Crippen LogP) is 5.58. The van der Waals surface area contributed by atoms with Crippen LogP contribution in [0.25, 0.3) is 11.6 Å². The van der Waals surface area contributed by atoms with E-state index in [1.54, 1.807) is 6.26 Å². The number of rotatable bonds is 7. The first-order chi connectivity index (χ1) is 14.8. The summed E-state index contributed by atoms with van der Waals surface area (Å²) in [7, 11) is 0. The minimum Gasteiger partial charge on any atom is -0.461 e. The zero-order valence-electron chi connectivity index (χ0n) is 17.5. The first-order valence-electron chi connectivity index (χ1n) is 11.4. The van der Waals surface area contributed by atoms with E-state index in [1.165, 1.54) is 49.6 Å². The van der Waals surface area contributed by atoms with E-state index < -0.39 is 0 Å². The van der Waals surface area contributed by atoms with Gasteiger partial charge < -0.3 is 9.32 Å². The number of carbonyl (C=O) groups excluding carboxylic acids is 1. The van der Waals surface area contributed by atoms with Crippen molar-refractivity contribution < 1.29 is 9.21 Å². The lowest BCUT2D eigenvalue weighted by Gasteiger charge is -2.28. The minimum atomic E-state index is 0.216. The summed E-state index contributed by atoms with van der Waals surface area (Å²) in [5.74, 6) is 2.17. The summed E-state index contributed by atoms with van der Waals surface area (Å²) in [4.78, 5) is 15.3. The van der Waals surface area contributed by atoms with E-state index in [9.17, 15) is 4.79 Å². The van der Waals surface area contributed by atoms with Gasteiger partial charge in [-0.25, -0.2) is 0 Å². The average Bonchev–Trinajstić information content (AvgIpc) is 3.29. The molecule has 3 aliphatic carbocycles. The Morgan fingerprint density at radius 3 is 2.70 bits per heavy atom. The molecule has 6 nitrogen and oxygen atoms in total. The van der Waals surface area contributed by atoms with Gasteiger partial charge in [0.1, 0.15) is 0 Å². The summed E-state index contributed by atoms with van der Waals surface area (Å²) in [5.41, 5.74) is 1.25. The second kappa shape index (κ2) is 9.00. The monoisotopic (exact) mass is 426 g/mol. The van der Waals surface area contributed by atoms with Crippen LogP contribution in [0.5, 0.6) is 0 Å². The number of carbonyl (C=O) groups is 1. The average molecular weight is 427 g/mol. The first kappa shape index (κ1) is 19.9. The zero-order chi connectivity index (χ0) is 20.3. The van der Waals surface area contributed by atoms with Crippen molar-refractivity contribution >= 4 is 17.7 Å². The smallest absolute Gasteiger partial charge is 0.237 e. The lowest BCUT2D eigenvalue weighted by atomic mass is 9.95. The van der Waals surface area contributed by atoms with Gasteiger partial charge in [-0.05, 0) is 63.5 Å². The maximum atomic E-state index is 13.2. The number of aromatic nitrogens is 3. The maximum Gasteiger partial charge on any atom is 0.237 e. The third-order valence-electron chi connectivity index (χ3n) is 6.43. The zero-order valence-corrected chi connectivity index (χ0v) is 18.3. The highest BCUT2D eigenvalue weighted by atomic mass is 32.2. The Bertz CT molecular complexity index is 894. The van der Waals surface area contributed by atoms with E-state index >= 15 is 0 Å². The van der Waals surface area contributed by atoms with E-state index in [-0.39, 0.29) is 5.91 Å². The quantitative estimate of drug-likeness (QED) is 0.541. The van der Waals surface area contributed by atoms with E-state index in [0.29, 0.717) is 17.8 Å². The van der Waals surface area contributed by atoms with Gasteiger partial charge in [-0.2, -0.15) is 0 Å². The molecule has 0 N–H and O–H groups in total. The van der Waals surface area contributed by atoms with Crippen LogP contribution in [0.2, 0.25) is 0 Å². The molecule has 3 aliphatic rings. The van der Waals surface area contributed by atoms with Crippen molar-refractivity contribution in [1.82, 2.24) is 19.7 Å². The fraction of sp³-hybridized carbons (Fsp3) is 0.609. The molecule has 7 heteroatoms. The number of nitrogens with zero attached hydrogens (tertiary/aromatic N) is 4. The highest BCUT2D eigenvalue weighted by Gasteiger charge is 2.35. The molecule has 2 aromatic heterocycles. The standard InChI is InChI=1S/C23H30N4O2S/c28-21(26(19-13-14-19)17-8-3-1-4-9-17)16-30-23-25-24-22(20-12-7-15-29-20)27(23)18-10-5-2-6-11-18/h7-8,12,15,18-19H,1-6,9-11,13-14,16H2. The molecule has 0 bridgehead atoms. The van der Waals surface area contributed by atoms with Crippen molar-refractivity contribution in [3.63, 3.8) is 0 Å². The number of hydrogen-bond donors (Lipinski definition) is 0. The molecule has 0 aromatic carbocycles. The Morgan fingerprint density at radius 1 is 1.13 bits per heavy atom. The topological polar surface area (TPSA) is 64.2 Å². The Morgan fingerprint density at radius 2 is 2.00 bits per heavy atom. The molecule has 0 radical (unpaired) electrons. The van der Waals surface area contributed by atoms with E-state index in [2.05, 4.69) is 25.7 Å². The molecule has 1 amide bonds. The second-order valence-corrected chi connectivity index (χ2v) is 9.61. The van der Waals surface area contributed by atoms with Crippen molar-refractivity contribution in [2.75, 3.05) is 5.75 Å². The van der Waals surface area contributed by atoms with Crippen LogP contribution in [-0.2, 0) is 4.79 Å². The summed E-state index contributed by atoms with van der Waals surface area (Å²) in [6, 6.07) is 4.62. The molecule has 2 saturated carbocycles. The number of furan rings is 1. The van der Waals surface area contributed by atoms with Crippen molar-refractivity contribution in [1.29, 1.82) is 0 Å². The summed E-state index contributed by atoms with van der Waals surface area (Å²) < 4.78 is 7.87. The minimum absolute atomic E-state index is 0.216. The van der Waals surface area contributed by atoms with Crippen LogP contribution in [0.3, 0.4) is 0 Å². The molecule has 30 heavy (non-hydrogen) atoms. The number of amides is 1. The van der Waals surface area contributed by atoms with Crippen LogP contribution >= 0.6 is 11.8 Å². The first-order valence-corrected chi connectivity index (χ1v) is 12.4. The van der Waals surface area contributed by atoms with Crippen LogP contribution in [0.4, 0.5) is 0 Å². The van der Waals surface area contributed by atoms with Crippen LogP contribution in [0.1, 0.15) is 76.7 Å². The van der Waals surface area contributed by atoms with Gasteiger partial charge in [-0.15, -0.1) is 10.2 Å². The maximum absolute atomic E-state index is 13.2. The van der Waals surface area contributed by atoms with Gasteiger partial charge in [0.15, 0.2) is 10.9 Å². The summed E-state index contributed by atoms with van der Waals surface area (Å²) in [6.07, 6.45) is 16.8. The molecule has 2 fully saturated rings. The van der Waals surface area contributed by atoms with Gasteiger partial charge in [-0.1, -0.05) is 37.1 Å². The molecule has 0 spiro atoms. The second-order valence-electron chi connectivity index (χ2n) is 8.67. The molecule has 160 valence electrons. The Kier molecular flexibility index (Phi) is 5.97. The van der Waals surface area contributed by atoms with Crippen molar-refractivity contribution in [2.45, 2.75) is 87.9 Å². The number of allylic oxidation sites excluding steroid dienone is 2. The Balaban J connectivity index is 1.35.